The van der Waals surface area contributed by atoms with Crippen LogP contribution in [-0.4, -0.2) is 56.1 Å². The van der Waals surface area contributed by atoms with Crippen LogP contribution in [0.5, 0.6) is 5.88 Å². The van der Waals surface area contributed by atoms with Crippen molar-refractivity contribution in [3.63, 3.8) is 0 Å². The molecule has 0 aliphatic carbocycles. The molecule has 0 bridgehead atoms. The zero-order valence-electron chi connectivity index (χ0n) is 26.8. The van der Waals surface area contributed by atoms with Gasteiger partial charge in [0.15, 0.2) is 11.2 Å². The number of aromatic nitrogens is 4. The van der Waals surface area contributed by atoms with E-state index in [1.807, 2.05) is 22.8 Å². The lowest BCUT2D eigenvalue weighted by Crippen LogP contribution is -2.56. The molecule has 1 radical (unpaired) electrons. The number of rotatable bonds is 10. The van der Waals surface area contributed by atoms with E-state index in [4.69, 9.17) is 14.5 Å². The van der Waals surface area contributed by atoms with E-state index >= 15 is 0 Å². The van der Waals surface area contributed by atoms with Gasteiger partial charge in [-0.3, -0.25) is 19.6 Å². The van der Waals surface area contributed by atoms with E-state index in [-0.39, 0.29) is 36.2 Å². The molecule has 1 aliphatic heterocycles. The maximum absolute atomic E-state index is 12.7. The minimum absolute atomic E-state index is 0.0867. The van der Waals surface area contributed by atoms with Crippen LogP contribution < -0.4 is 10.1 Å². The molecule has 3 aromatic carbocycles. The average molecular weight is 629 g/mol. The van der Waals surface area contributed by atoms with Crippen LogP contribution in [0.4, 0.5) is 5.95 Å². The Kier molecular flexibility index (Phi) is 9.29. The van der Waals surface area contributed by atoms with Crippen LogP contribution in [0.25, 0.3) is 11.2 Å². The Balaban J connectivity index is 1.48. The van der Waals surface area contributed by atoms with Crippen LogP contribution in [0.3, 0.4) is 0 Å². The SMILES string of the molecule is [CH2][C@H]1CN(C(c2ccccc2)(c2ccccc2)c2ccccc2)C[C@H](n2cnc3c(OCC(C)C#N)nc(NC(=O)C(C)C)nc32)O1. The molecule has 6 rings (SSSR count). The average Bonchev–Trinajstić information content (AvgIpc) is 3.53. The minimum Gasteiger partial charge on any atom is -0.475 e. The quantitative estimate of drug-likeness (QED) is 0.188. The van der Waals surface area contributed by atoms with E-state index in [9.17, 15) is 10.1 Å². The molecule has 0 spiro atoms. The van der Waals surface area contributed by atoms with Crippen molar-refractivity contribution in [3.05, 3.63) is 121 Å². The highest BCUT2D eigenvalue weighted by Crippen LogP contribution is 2.45. The second-order valence-corrected chi connectivity index (χ2v) is 12.1. The normalized spacial score (nSPS) is 17.7. The zero-order chi connectivity index (χ0) is 33.0. The fraction of sp³-hybridized carbons (Fsp3) is 0.297. The Morgan fingerprint density at radius 2 is 1.55 bits per heavy atom. The number of nitriles is 1. The highest BCUT2D eigenvalue weighted by Gasteiger charge is 2.46. The second-order valence-electron chi connectivity index (χ2n) is 12.1. The lowest BCUT2D eigenvalue weighted by atomic mass is 9.75. The fourth-order valence-electron chi connectivity index (χ4n) is 6.08. The lowest BCUT2D eigenvalue weighted by molar-refractivity contribution is -0.119. The number of hydrogen-bond acceptors (Lipinski definition) is 8. The number of fused-ring (bicyclic) bond motifs is 1. The summed E-state index contributed by atoms with van der Waals surface area (Å²) in [6.45, 7) is 10.8. The second kappa shape index (κ2) is 13.7. The van der Waals surface area contributed by atoms with E-state index in [1.54, 1.807) is 27.1 Å². The minimum atomic E-state index is -0.675. The van der Waals surface area contributed by atoms with Crippen molar-refractivity contribution in [3.8, 4) is 11.9 Å². The molecule has 1 fully saturated rings. The van der Waals surface area contributed by atoms with Crippen LogP contribution in [0, 0.1) is 30.1 Å². The fourth-order valence-corrected chi connectivity index (χ4v) is 6.08. The third-order valence-corrected chi connectivity index (χ3v) is 8.35. The zero-order valence-corrected chi connectivity index (χ0v) is 26.8. The monoisotopic (exact) mass is 628 g/mol. The van der Waals surface area contributed by atoms with Crippen LogP contribution in [0.1, 0.15) is 43.7 Å². The van der Waals surface area contributed by atoms with E-state index in [0.29, 0.717) is 24.3 Å². The summed E-state index contributed by atoms with van der Waals surface area (Å²) < 4.78 is 14.3. The molecule has 2 aromatic heterocycles. The smallest absolute Gasteiger partial charge is 0.247 e. The first-order valence-electron chi connectivity index (χ1n) is 15.8. The van der Waals surface area contributed by atoms with E-state index < -0.39 is 17.9 Å². The Hall–Kier alpha value is -5.11. The maximum atomic E-state index is 12.7. The third-order valence-electron chi connectivity index (χ3n) is 8.35. The first-order valence-corrected chi connectivity index (χ1v) is 15.8. The first-order chi connectivity index (χ1) is 22.8. The molecular formula is C37H38N7O3. The number of benzene rings is 3. The van der Waals surface area contributed by atoms with Gasteiger partial charge in [0, 0.05) is 19.0 Å². The topological polar surface area (TPSA) is 118 Å². The summed E-state index contributed by atoms with van der Waals surface area (Å²) in [5.41, 5.74) is 3.50. The summed E-state index contributed by atoms with van der Waals surface area (Å²) in [5, 5.41) is 12.1. The summed E-state index contributed by atoms with van der Waals surface area (Å²) in [4.78, 5) is 28.9. The molecule has 47 heavy (non-hydrogen) atoms. The standard InChI is InChI=1S/C37H38N7O3/c1-25(2)34(45)41-36-40-33-32(35(42-36)46-23-26(3)20-38)39-24-44(33)31-22-43(21-27(4)47-31)37(28-14-8-5-9-15-28,29-16-10-6-11-17-29)30-18-12-7-13-19-30/h5-19,24-27,31H,4,21-23H2,1-3H3,(H,40,41,42,45)/t26?,27-,31+/m0/s1. The largest absolute Gasteiger partial charge is 0.475 e. The van der Waals surface area contributed by atoms with Gasteiger partial charge in [-0.15, -0.1) is 0 Å². The Morgan fingerprint density at radius 1 is 0.979 bits per heavy atom. The van der Waals surface area contributed by atoms with Crippen molar-refractivity contribution in [2.24, 2.45) is 11.8 Å². The lowest BCUT2D eigenvalue weighted by Gasteiger charge is -2.50. The molecular weight excluding hydrogens is 590 g/mol. The number of imidazole rings is 1. The summed E-state index contributed by atoms with van der Waals surface area (Å²) in [7, 11) is 0. The number of amides is 1. The van der Waals surface area contributed by atoms with Crippen LogP contribution in [-0.2, 0) is 15.1 Å². The first kappa shape index (κ1) is 31.9. The molecule has 3 heterocycles. The van der Waals surface area contributed by atoms with E-state index in [1.165, 1.54) is 0 Å². The summed E-state index contributed by atoms with van der Waals surface area (Å²) in [6.07, 6.45) is 0.696. The molecule has 10 heteroatoms. The number of nitrogens with zero attached hydrogens (tertiary/aromatic N) is 6. The van der Waals surface area contributed by atoms with Crippen molar-refractivity contribution in [2.75, 3.05) is 25.0 Å². The van der Waals surface area contributed by atoms with Gasteiger partial charge in [0.25, 0.3) is 0 Å². The highest BCUT2D eigenvalue weighted by atomic mass is 16.5. The number of hydrogen-bond donors (Lipinski definition) is 1. The third kappa shape index (κ3) is 6.32. The van der Waals surface area contributed by atoms with Gasteiger partial charge in [0.05, 0.1) is 30.0 Å². The predicted molar refractivity (Wildman–Crippen MR) is 179 cm³/mol. The number of anilines is 1. The summed E-state index contributed by atoms with van der Waals surface area (Å²) in [6, 6.07) is 33.6. The summed E-state index contributed by atoms with van der Waals surface area (Å²) in [5.74, 6) is -0.626. The Labute approximate surface area is 275 Å². The van der Waals surface area contributed by atoms with Gasteiger partial charge in [-0.05, 0) is 30.5 Å². The van der Waals surface area contributed by atoms with Gasteiger partial charge in [-0.2, -0.15) is 15.2 Å². The van der Waals surface area contributed by atoms with Crippen LogP contribution in [0.15, 0.2) is 97.3 Å². The Morgan fingerprint density at radius 3 is 2.09 bits per heavy atom. The van der Waals surface area contributed by atoms with Gasteiger partial charge < -0.3 is 9.47 Å². The van der Waals surface area contributed by atoms with Gasteiger partial charge in [0.1, 0.15) is 12.8 Å². The van der Waals surface area contributed by atoms with E-state index in [2.05, 4.69) is 106 Å². The molecule has 1 unspecified atom stereocenters. The van der Waals surface area contributed by atoms with E-state index in [0.717, 1.165) is 16.7 Å². The molecule has 239 valence electrons. The number of ether oxygens (including phenoxy) is 2. The van der Waals surface area contributed by atoms with Crippen molar-refractivity contribution < 1.29 is 14.3 Å². The molecule has 0 saturated carbocycles. The van der Waals surface area contributed by atoms with Crippen molar-refractivity contribution >= 4 is 23.0 Å². The molecule has 10 nitrogen and oxygen atoms in total. The molecule has 3 atom stereocenters. The van der Waals surface area contributed by atoms with Crippen molar-refractivity contribution in [2.45, 2.75) is 38.6 Å². The maximum Gasteiger partial charge on any atom is 0.247 e. The van der Waals surface area contributed by atoms with Crippen LogP contribution in [0.2, 0.25) is 0 Å². The summed E-state index contributed by atoms with van der Waals surface area (Å²) >= 11 is 0. The molecule has 1 aliphatic rings. The highest BCUT2D eigenvalue weighted by molar-refractivity contribution is 5.91. The molecule has 1 N–H and O–H groups in total. The van der Waals surface area contributed by atoms with Crippen molar-refractivity contribution in [1.82, 2.24) is 24.4 Å². The number of carbonyl (C=O) groups excluding carboxylic acids is 1. The molecule has 5 aromatic rings. The number of nitrogens with one attached hydrogen (secondary N) is 1. The molecule has 1 saturated heterocycles. The number of carbonyl (C=O) groups is 1. The van der Waals surface area contributed by atoms with Gasteiger partial charge in [-0.1, -0.05) is 105 Å². The van der Waals surface area contributed by atoms with Gasteiger partial charge >= 0.3 is 0 Å². The predicted octanol–water partition coefficient (Wildman–Crippen LogP) is 5.98. The molecule has 1 amide bonds. The van der Waals surface area contributed by atoms with Crippen molar-refractivity contribution in [1.29, 1.82) is 5.26 Å². The van der Waals surface area contributed by atoms with Gasteiger partial charge in [-0.25, -0.2) is 4.98 Å². The number of morpholine rings is 1. The Bertz CT molecular complexity index is 1760. The van der Waals surface area contributed by atoms with Crippen LogP contribution >= 0.6 is 0 Å². The van der Waals surface area contributed by atoms with Gasteiger partial charge in [0.2, 0.25) is 17.7 Å².